The van der Waals surface area contributed by atoms with Crippen molar-refractivity contribution in [1.82, 2.24) is 5.32 Å². The number of aliphatic carboxylic acids is 1. The lowest BCUT2D eigenvalue weighted by molar-refractivity contribution is -0.138. The van der Waals surface area contributed by atoms with Crippen molar-refractivity contribution >= 4 is 51.3 Å². The zero-order valence-corrected chi connectivity index (χ0v) is 16.4. The molecule has 2 N–H and O–H groups in total. The maximum absolute atomic E-state index is 12.4. The van der Waals surface area contributed by atoms with Crippen molar-refractivity contribution in [3.05, 3.63) is 82.8 Å². The van der Waals surface area contributed by atoms with Gasteiger partial charge in [-0.3, -0.25) is 9.59 Å². The monoisotopic (exact) mass is 402 g/mol. The van der Waals surface area contributed by atoms with Crippen LogP contribution in [0.4, 0.5) is 5.69 Å². The predicted molar refractivity (Wildman–Crippen MR) is 117 cm³/mol. The Morgan fingerprint density at radius 1 is 1.07 bits per heavy atom. The molecule has 3 aromatic rings. The van der Waals surface area contributed by atoms with Gasteiger partial charge in [0.05, 0.1) is 16.5 Å². The molecule has 0 bridgehead atoms. The Balaban J connectivity index is 1.62. The van der Waals surface area contributed by atoms with Crippen molar-refractivity contribution in [1.29, 1.82) is 0 Å². The molecule has 5 nitrogen and oxygen atoms in total. The largest absolute Gasteiger partial charge is 0.481 e. The summed E-state index contributed by atoms with van der Waals surface area (Å²) in [6.45, 7) is 1.62. The van der Waals surface area contributed by atoms with Crippen LogP contribution >= 0.6 is 11.8 Å². The van der Waals surface area contributed by atoms with Crippen molar-refractivity contribution in [3.8, 4) is 0 Å². The summed E-state index contributed by atoms with van der Waals surface area (Å²) in [6.07, 6.45) is 1.83. The van der Waals surface area contributed by atoms with Gasteiger partial charge in [0, 0.05) is 0 Å². The zero-order chi connectivity index (χ0) is 20.4. The van der Waals surface area contributed by atoms with Crippen LogP contribution in [0.3, 0.4) is 0 Å². The summed E-state index contributed by atoms with van der Waals surface area (Å²) >= 11 is 1.25. The molecular formula is C23H18N2O3S. The number of amides is 1. The third-order valence-corrected chi connectivity index (χ3v) is 5.63. The van der Waals surface area contributed by atoms with Crippen molar-refractivity contribution in [2.45, 2.75) is 12.8 Å². The first-order valence-corrected chi connectivity index (χ1v) is 9.93. The van der Waals surface area contributed by atoms with Crippen LogP contribution in [0.15, 0.2) is 76.6 Å². The normalized spacial score (nSPS) is 17.6. The third kappa shape index (κ3) is 4.07. The second-order valence-electron chi connectivity index (χ2n) is 6.71. The van der Waals surface area contributed by atoms with Gasteiger partial charge in [-0.2, -0.15) is 0 Å². The van der Waals surface area contributed by atoms with E-state index in [4.69, 9.17) is 0 Å². The molecule has 0 aromatic heterocycles. The summed E-state index contributed by atoms with van der Waals surface area (Å²) in [5.41, 5.74) is 2.08. The summed E-state index contributed by atoms with van der Waals surface area (Å²) in [6, 6.07) is 21.2. The first-order valence-electron chi connectivity index (χ1n) is 9.11. The summed E-state index contributed by atoms with van der Waals surface area (Å²) in [4.78, 5) is 28.8. The highest BCUT2D eigenvalue weighted by Gasteiger charge is 2.25. The van der Waals surface area contributed by atoms with Gasteiger partial charge in [0.1, 0.15) is 0 Å². The van der Waals surface area contributed by atoms with Crippen LogP contribution < -0.4 is 5.32 Å². The number of benzene rings is 3. The number of thioether (sulfide) groups is 1. The van der Waals surface area contributed by atoms with E-state index in [1.54, 1.807) is 31.2 Å². The molecule has 1 aliphatic heterocycles. The predicted octanol–water partition coefficient (Wildman–Crippen LogP) is 4.92. The summed E-state index contributed by atoms with van der Waals surface area (Å²) in [7, 11) is 0. The molecule has 1 unspecified atom stereocenters. The first kappa shape index (κ1) is 19.0. The Morgan fingerprint density at radius 3 is 2.59 bits per heavy atom. The van der Waals surface area contributed by atoms with Gasteiger partial charge in [-0.1, -0.05) is 54.6 Å². The van der Waals surface area contributed by atoms with E-state index in [1.807, 2.05) is 48.5 Å². The molecule has 0 aliphatic carbocycles. The molecule has 1 heterocycles. The van der Waals surface area contributed by atoms with Crippen LogP contribution in [0.1, 0.15) is 24.0 Å². The fourth-order valence-electron chi connectivity index (χ4n) is 3.13. The molecule has 3 aromatic carbocycles. The van der Waals surface area contributed by atoms with E-state index in [2.05, 4.69) is 10.3 Å². The van der Waals surface area contributed by atoms with E-state index in [-0.39, 0.29) is 5.91 Å². The van der Waals surface area contributed by atoms with E-state index < -0.39 is 11.9 Å². The fraction of sp³-hybridized carbons (Fsp3) is 0.0870. The van der Waals surface area contributed by atoms with Crippen LogP contribution in [-0.2, 0) is 9.59 Å². The number of hydrogen-bond acceptors (Lipinski definition) is 4. The van der Waals surface area contributed by atoms with Gasteiger partial charge in [0.2, 0.25) is 0 Å². The summed E-state index contributed by atoms with van der Waals surface area (Å²) in [5.74, 6) is -1.83. The number of fused-ring (bicyclic) bond motifs is 1. The molecular weight excluding hydrogens is 384 g/mol. The number of para-hydroxylation sites is 1. The fourth-order valence-corrected chi connectivity index (χ4v) is 3.96. The molecule has 4 rings (SSSR count). The van der Waals surface area contributed by atoms with Gasteiger partial charge in [0.15, 0.2) is 5.17 Å². The molecule has 6 heteroatoms. The highest BCUT2D eigenvalue weighted by atomic mass is 32.2. The van der Waals surface area contributed by atoms with E-state index >= 15 is 0 Å². The molecule has 0 radical (unpaired) electrons. The molecule has 1 atom stereocenters. The molecule has 0 saturated carbocycles. The average molecular weight is 402 g/mol. The number of carboxylic acids is 1. The molecule has 1 amide bonds. The highest BCUT2D eigenvalue weighted by Crippen LogP contribution is 2.32. The van der Waals surface area contributed by atoms with Crippen LogP contribution in [0, 0.1) is 0 Å². The van der Waals surface area contributed by atoms with E-state index in [0.717, 1.165) is 16.3 Å². The van der Waals surface area contributed by atoms with Gasteiger partial charge >= 0.3 is 5.97 Å². The number of rotatable bonds is 4. The number of carbonyl (C=O) groups excluding carboxylic acids is 1. The number of nitrogens with one attached hydrogen (secondary N) is 1. The number of carbonyl (C=O) groups is 2. The van der Waals surface area contributed by atoms with Crippen molar-refractivity contribution < 1.29 is 14.7 Å². The molecule has 144 valence electrons. The van der Waals surface area contributed by atoms with Crippen molar-refractivity contribution in [2.75, 3.05) is 0 Å². The molecule has 1 saturated heterocycles. The summed E-state index contributed by atoms with van der Waals surface area (Å²) < 4.78 is 0. The summed E-state index contributed by atoms with van der Waals surface area (Å²) in [5, 5.41) is 14.8. The minimum absolute atomic E-state index is 0.217. The van der Waals surface area contributed by atoms with E-state index in [1.165, 1.54) is 11.8 Å². The lowest BCUT2D eigenvalue weighted by Crippen LogP contribution is -2.19. The molecule has 1 fully saturated rings. The Labute approximate surface area is 172 Å². The lowest BCUT2D eigenvalue weighted by Gasteiger charge is -2.09. The lowest BCUT2D eigenvalue weighted by atomic mass is 10.00. The van der Waals surface area contributed by atoms with Crippen molar-refractivity contribution in [2.24, 2.45) is 4.99 Å². The Morgan fingerprint density at radius 2 is 1.79 bits per heavy atom. The molecule has 29 heavy (non-hydrogen) atoms. The van der Waals surface area contributed by atoms with Gasteiger partial charge in [-0.15, -0.1) is 0 Å². The van der Waals surface area contributed by atoms with E-state index in [9.17, 15) is 14.7 Å². The van der Waals surface area contributed by atoms with Crippen LogP contribution in [0.5, 0.6) is 0 Å². The van der Waals surface area contributed by atoms with E-state index in [0.29, 0.717) is 21.3 Å². The van der Waals surface area contributed by atoms with Gasteiger partial charge in [0.25, 0.3) is 5.91 Å². The standard InChI is InChI=1S/C23H18N2O3S/c1-14(22(27)28)18-8-4-5-9-19(18)24-23-25-21(26)20(29-23)13-15-10-11-16-6-2-3-7-17(16)12-15/h2-14H,1H3,(H,27,28)(H,24,25,26). The smallest absolute Gasteiger partial charge is 0.310 e. The third-order valence-electron chi connectivity index (χ3n) is 4.72. The Bertz CT molecular complexity index is 1180. The van der Waals surface area contributed by atoms with Gasteiger partial charge < -0.3 is 10.4 Å². The topological polar surface area (TPSA) is 78.8 Å². The van der Waals surface area contributed by atoms with Crippen molar-refractivity contribution in [3.63, 3.8) is 0 Å². The average Bonchev–Trinajstić information content (AvgIpc) is 3.06. The van der Waals surface area contributed by atoms with Crippen LogP contribution in [-0.4, -0.2) is 22.2 Å². The maximum atomic E-state index is 12.4. The second-order valence-corrected chi connectivity index (χ2v) is 7.74. The second kappa shape index (κ2) is 7.93. The first-order chi connectivity index (χ1) is 14.0. The van der Waals surface area contributed by atoms with Crippen LogP contribution in [0.25, 0.3) is 16.8 Å². The number of nitrogens with zero attached hydrogens (tertiary/aromatic N) is 1. The Kier molecular flexibility index (Phi) is 5.18. The molecule has 1 aliphatic rings. The quantitative estimate of drug-likeness (QED) is 0.607. The number of carboxylic acid groups (broad SMARTS) is 1. The minimum atomic E-state index is -0.919. The molecule has 0 spiro atoms. The SMILES string of the molecule is CC(C(=O)O)c1ccccc1N=C1NC(=O)C(=Cc2ccc3ccccc3c2)S1. The highest BCUT2D eigenvalue weighted by molar-refractivity contribution is 8.18. The van der Waals surface area contributed by atoms with Gasteiger partial charge in [-0.05, 0) is 58.8 Å². The maximum Gasteiger partial charge on any atom is 0.310 e. The number of aliphatic imine (C=N–C) groups is 1. The van der Waals surface area contributed by atoms with Crippen LogP contribution in [0.2, 0.25) is 0 Å². The number of hydrogen-bond donors (Lipinski definition) is 2. The zero-order valence-electron chi connectivity index (χ0n) is 15.6. The minimum Gasteiger partial charge on any atom is -0.481 e. The number of amidine groups is 1. The Hall–Kier alpha value is -3.38. The van der Waals surface area contributed by atoms with Gasteiger partial charge in [-0.25, -0.2) is 4.99 Å².